The smallest absolute Gasteiger partial charge is 0.0827 e. The zero-order chi connectivity index (χ0) is 22.7. The first-order chi connectivity index (χ1) is 15.4. The molecule has 1 aliphatic rings. The summed E-state index contributed by atoms with van der Waals surface area (Å²) >= 11 is 6.12. The molecule has 1 atom stereocenters. The van der Waals surface area contributed by atoms with Crippen molar-refractivity contribution in [2.24, 2.45) is 5.10 Å². The molecule has 0 aliphatic carbocycles. The fraction of sp³-hybridized carbons (Fsp3) is 0.207. The molecular formula is C29H29ClN2. The van der Waals surface area contributed by atoms with Gasteiger partial charge in [-0.05, 0) is 55.5 Å². The van der Waals surface area contributed by atoms with E-state index in [-0.39, 0.29) is 6.04 Å². The number of benzene rings is 3. The van der Waals surface area contributed by atoms with Gasteiger partial charge >= 0.3 is 0 Å². The van der Waals surface area contributed by atoms with Crippen molar-refractivity contribution in [1.29, 1.82) is 0 Å². The fourth-order valence-corrected chi connectivity index (χ4v) is 4.23. The molecule has 0 fully saturated rings. The van der Waals surface area contributed by atoms with E-state index in [0.717, 1.165) is 52.4 Å². The molecule has 1 aliphatic heterocycles. The highest BCUT2D eigenvalue weighted by Crippen LogP contribution is 2.38. The van der Waals surface area contributed by atoms with Gasteiger partial charge in [-0.2, -0.15) is 5.10 Å². The first-order valence-corrected chi connectivity index (χ1v) is 11.4. The normalized spacial score (nSPS) is 15.5. The molecule has 3 heteroatoms. The molecule has 2 nitrogen and oxygen atoms in total. The van der Waals surface area contributed by atoms with E-state index in [1.54, 1.807) is 0 Å². The summed E-state index contributed by atoms with van der Waals surface area (Å²) in [7, 11) is 0. The average molecular weight is 441 g/mol. The van der Waals surface area contributed by atoms with Crippen LogP contribution < -0.4 is 0 Å². The van der Waals surface area contributed by atoms with Gasteiger partial charge in [-0.15, -0.1) is 6.58 Å². The van der Waals surface area contributed by atoms with Gasteiger partial charge in [-0.1, -0.05) is 90.0 Å². The number of aryl methyl sites for hydroxylation is 1. The summed E-state index contributed by atoms with van der Waals surface area (Å²) in [4.78, 5) is 0. The molecule has 0 N–H and O–H groups in total. The molecule has 32 heavy (non-hydrogen) atoms. The van der Waals surface area contributed by atoms with Gasteiger partial charge in [0.25, 0.3) is 0 Å². The Morgan fingerprint density at radius 3 is 2.25 bits per heavy atom. The second-order valence-electron chi connectivity index (χ2n) is 8.60. The van der Waals surface area contributed by atoms with Gasteiger partial charge in [-0.3, -0.25) is 5.01 Å². The van der Waals surface area contributed by atoms with Gasteiger partial charge in [0.2, 0.25) is 0 Å². The van der Waals surface area contributed by atoms with E-state index in [1.165, 1.54) is 16.7 Å². The lowest BCUT2D eigenvalue weighted by Crippen LogP contribution is -2.18. The quantitative estimate of drug-likeness (QED) is 0.337. The molecule has 0 amide bonds. The fourth-order valence-electron chi connectivity index (χ4n) is 4.10. The summed E-state index contributed by atoms with van der Waals surface area (Å²) in [5, 5.41) is 7.98. The molecule has 1 heterocycles. The molecule has 0 bridgehead atoms. The summed E-state index contributed by atoms with van der Waals surface area (Å²) in [5.41, 5.74) is 9.24. The number of allylic oxidation sites excluding steroid dienone is 2. The van der Waals surface area contributed by atoms with Crippen LogP contribution in [0.4, 0.5) is 0 Å². The third kappa shape index (κ3) is 4.87. The zero-order valence-electron chi connectivity index (χ0n) is 18.8. The molecular weight excluding hydrogens is 412 g/mol. The standard InChI is InChI=1S/C29H29ClN2/c1-20(2)9-12-22(4)32-29(24-13-10-21(3)11-14-24)19-28(31-32)27-8-6-5-7-26(27)23-15-17-25(30)18-16-23/h5-8,10-11,13-18,29H,1,4,9,12,19H2,2-3H3. The number of halogens is 1. The predicted octanol–water partition coefficient (Wildman–Crippen LogP) is 8.34. The van der Waals surface area contributed by atoms with Crippen LogP contribution in [-0.4, -0.2) is 10.7 Å². The molecule has 0 saturated heterocycles. The van der Waals surface area contributed by atoms with E-state index >= 15 is 0 Å². The van der Waals surface area contributed by atoms with E-state index in [1.807, 2.05) is 12.1 Å². The molecule has 0 spiro atoms. The van der Waals surface area contributed by atoms with Gasteiger partial charge in [-0.25, -0.2) is 0 Å². The molecule has 1 unspecified atom stereocenters. The average Bonchev–Trinajstić information content (AvgIpc) is 3.24. The third-order valence-electron chi connectivity index (χ3n) is 5.93. The Balaban J connectivity index is 1.72. The third-order valence-corrected chi connectivity index (χ3v) is 6.18. The van der Waals surface area contributed by atoms with E-state index in [4.69, 9.17) is 16.7 Å². The Kier molecular flexibility index (Phi) is 6.62. The number of hydrogen-bond donors (Lipinski definition) is 0. The number of hydrogen-bond acceptors (Lipinski definition) is 2. The maximum Gasteiger partial charge on any atom is 0.0827 e. The lowest BCUT2D eigenvalue weighted by atomic mass is 9.92. The minimum atomic E-state index is 0.140. The molecule has 0 aromatic heterocycles. The van der Waals surface area contributed by atoms with Gasteiger partial charge in [0.1, 0.15) is 0 Å². The lowest BCUT2D eigenvalue weighted by molar-refractivity contribution is 0.290. The van der Waals surface area contributed by atoms with Gasteiger partial charge in [0.15, 0.2) is 0 Å². The Labute approximate surface area is 196 Å². The summed E-state index contributed by atoms with van der Waals surface area (Å²) in [5.74, 6) is 0. The van der Waals surface area contributed by atoms with Crippen molar-refractivity contribution in [2.75, 3.05) is 0 Å². The van der Waals surface area contributed by atoms with E-state index < -0.39 is 0 Å². The van der Waals surface area contributed by atoms with Crippen LogP contribution in [0, 0.1) is 6.92 Å². The first-order valence-electron chi connectivity index (χ1n) is 11.0. The summed E-state index contributed by atoms with van der Waals surface area (Å²) < 4.78 is 0. The second-order valence-corrected chi connectivity index (χ2v) is 9.03. The number of nitrogens with zero attached hydrogens (tertiary/aromatic N) is 2. The van der Waals surface area contributed by atoms with Crippen LogP contribution in [0.1, 0.15) is 48.9 Å². The van der Waals surface area contributed by atoms with Crippen LogP contribution in [-0.2, 0) is 0 Å². The van der Waals surface area contributed by atoms with Gasteiger partial charge < -0.3 is 0 Å². The highest BCUT2D eigenvalue weighted by atomic mass is 35.5. The minimum Gasteiger partial charge on any atom is -0.262 e. The Morgan fingerprint density at radius 1 is 0.938 bits per heavy atom. The Hall–Kier alpha value is -3.10. The van der Waals surface area contributed by atoms with Crippen LogP contribution >= 0.6 is 11.6 Å². The largest absolute Gasteiger partial charge is 0.262 e. The van der Waals surface area contributed by atoms with Crippen molar-refractivity contribution in [1.82, 2.24) is 5.01 Å². The molecule has 162 valence electrons. The van der Waals surface area contributed by atoms with E-state index in [9.17, 15) is 0 Å². The highest BCUT2D eigenvalue weighted by molar-refractivity contribution is 6.30. The van der Waals surface area contributed by atoms with Gasteiger partial charge in [0.05, 0.1) is 11.8 Å². The maximum atomic E-state index is 6.12. The Bertz CT molecular complexity index is 1160. The van der Waals surface area contributed by atoms with Crippen molar-refractivity contribution >= 4 is 17.3 Å². The minimum absolute atomic E-state index is 0.140. The SMILES string of the molecule is C=C(C)CCC(=C)N1N=C(c2ccccc2-c2ccc(Cl)cc2)CC1c1ccc(C)cc1. The summed E-state index contributed by atoms with van der Waals surface area (Å²) in [6.45, 7) is 12.6. The van der Waals surface area contributed by atoms with Gasteiger partial charge in [0, 0.05) is 22.7 Å². The predicted molar refractivity (Wildman–Crippen MR) is 137 cm³/mol. The van der Waals surface area contributed by atoms with E-state index in [0.29, 0.717) is 0 Å². The van der Waals surface area contributed by atoms with Crippen LogP contribution in [0.15, 0.2) is 102 Å². The molecule has 3 aromatic rings. The van der Waals surface area contributed by atoms with E-state index in [2.05, 4.69) is 92.7 Å². The topological polar surface area (TPSA) is 15.6 Å². The zero-order valence-corrected chi connectivity index (χ0v) is 19.6. The summed E-state index contributed by atoms with van der Waals surface area (Å²) in [6, 6.07) is 25.4. The van der Waals surface area contributed by atoms with Crippen molar-refractivity contribution in [3.63, 3.8) is 0 Å². The summed E-state index contributed by atoms with van der Waals surface area (Å²) in [6.07, 6.45) is 2.61. The van der Waals surface area contributed by atoms with Crippen LogP contribution in [0.2, 0.25) is 5.02 Å². The van der Waals surface area contributed by atoms with Crippen LogP contribution in [0.3, 0.4) is 0 Å². The monoisotopic (exact) mass is 440 g/mol. The highest BCUT2D eigenvalue weighted by Gasteiger charge is 2.31. The van der Waals surface area contributed by atoms with Crippen molar-refractivity contribution in [2.45, 2.75) is 39.2 Å². The molecule has 3 aromatic carbocycles. The molecule has 0 radical (unpaired) electrons. The van der Waals surface area contributed by atoms with Crippen LogP contribution in [0.5, 0.6) is 0 Å². The number of rotatable bonds is 7. The van der Waals surface area contributed by atoms with Crippen LogP contribution in [0.25, 0.3) is 11.1 Å². The number of hydrazone groups is 1. The molecule has 0 saturated carbocycles. The van der Waals surface area contributed by atoms with Crippen molar-refractivity contribution in [3.05, 3.63) is 119 Å². The lowest BCUT2D eigenvalue weighted by Gasteiger charge is -2.26. The second kappa shape index (κ2) is 9.58. The molecule has 4 rings (SSSR count). The first kappa shape index (κ1) is 22.1. The maximum absolute atomic E-state index is 6.12. The Morgan fingerprint density at radius 2 is 1.59 bits per heavy atom. The van der Waals surface area contributed by atoms with Crippen molar-refractivity contribution in [3.8, 4) is 11.1 Å². The van der Waals surface area contributed by atoms with Crippen molar-refractivity contribution < 1.29 is 0 Å².